The number of nitrogens with one attached hydrogen (secondary N) is 1. The Balaban J connectivity index is 1.56. The molecule has 21 heavy (non-hydrogen) atoms. The first-order valence-electron chi connectivity index (χ1n) is 7.40. The maximum atomic E-state index is 12.0. The van der Waals surface area contributed by atoms with Crippen LogP contribution < -0.4 is 0 Å². The molecular formula is C14H22N4O3. The predicted octanol–water partition coefficient (Wildman–Crippen LogP) is 1.33. The third-order valence-corrected chi connectivity index (χ3v) is 3.78. The lowest BCUT2D eigenvalue weighted by Crippen LogP contribution is -2.50. The molecule has 7 nitrogen and oxygen atoms in total. The second-order valence-electron chi connectivity index (χ2n) is 5.27. The smallest absolute Gasteiger partial charge is 0.407 e. The van der Waals surface area contributed by atoms with E-state index in [1.807, 2.05) is 6.20 Å². The fourth-order valence-corrected chi connectivity index (χ4v) is 2.49. The van der Waals surface area contributed by atoms with Crippen LogP contribution in [0, 0.1) is 0 Å². The van der Waals surface area contributed by atoms with Crippen LogP contribution in [0.2, 0.25) is 0 Å². The average molecular weight is 294 g/mol. The number of hydrogen-bond donors (Lipinski definition) is 2. The van der Waals surface area contributed by atoms with Crippen molar-refractivity contribution >= 4 is 12.0 Å². The van der Waals surface area contributed by atoms with E-state index in [1.54, 1.807) is 11.2 Å². The summed E-state index contributed by atoms with van der Waals surface area (Å²) in [4.78, 5) is 33.0. The summed E-state index contributed by atoms with van der Waals surface area (Å²) in [5, 5.41) is 8.86. The number of aryl methyl sites for hydroxylation is 1. The van der Waals surface area contributed by atoms with Crippen LogP contribution in [0.4, 0.5) is 4.79 Å². The number of aromatic amines is 1. The number of nitrogens with zero attached hydrogens (tertiary/aromatic N) is 3. The van der Waals surface area contributed by atoms with Gasteiger partial charge in [-0.15, -0.1) is 0 Å². The molecule has 0 atom stereocenters. The minimum absolute atomic E-state index is 0.139. The van der Waals surface area contributed by atoms with Crippen LogP contribution in [0.1, 0.15) is 31.4 Å². The second-order valence-corrected chi connectivity index (χ2v) is 5.27. The van der Waals surface area contributed by atoms with Gasteiger partial charge in [0.2, 0.25) is 5.91 Å². The molecule has 2 N–H and O–H groups in total. The summed E-state index contributed by atoms with van der Waals surface area (Å²) in [7, 11) is 0. The zero-order chi connectivity index (χ0) is 15.1. The summed E-state index contributed by atoms with van der Waals surface area (Å²) in [6, 6.07) is 0. The van der Waals surface area contributed by atoms with Gasteiger partial charge in [-0.1, -0.05) is 6.42 Å². The first-order valence-corrected chi connectivity index (χ1v) is 7.40. The number of unbranched alkanes of at least 4 members (excludes halogenated alkanes) is 2. The van der Waals surface area contributed by atoms with Crippen molar-refractivity contribution < 1.29 is 14.7 Å². The topological polar surface area (TPSA) is 89.5 Å². The van der Waals surface area contributed by atoms with E-state index in [1.165, 1.54) is 4.90 Å². The molecule has 1 aliphatic heterocycles. The number of H-pyrrole nitrogens is 1. The number of aromatic nitrogens is 2. The van der Waals surface area contributed by atoms with Crippen LogP contribution in [0.25, 0.3) is 0 Å². The van der Waals surface area contributed by atoms with E-state index < -0.39 is 6.09 Å². The van der Waals surface area contributed by atoms with Crippen LogP contribution in [-0.4, -0.2) is 63.1 Å². The van der Waals surface area contributed by atoms with Crippen molar-refractivity contribution in [1.82, 2.24) is 19.8 Å². The van der Waals surface area contributed by atoms with Gasteiger partial charge < -0.3 is 19.9 Å². The van der Waals surface area contributed by atoms with Crippen molar-refractivity contribution in [3.63, 3.8) is 0 Å². The molecule has 2 heterocycles. The lowest BCUT2D eigenvalue weighted by molar-refractivity contribution is -0.132. The van der Waals surface area contributed by atoms with E-state index in [4.69, 9.17) is 5.11 Å². The second kappa shape index (κ2) is 7.66. The molecule has 1 aliphatic rings. The average Bonchev–Trinajstić information content (AvgIpc) is 3.00. The molecule has 1 saturated heterocycles. The Morgan fingerprint density at radius 3 is 2.48 bits per heavy atom. The van der Waals surface area contributed by atoms with Crippen molar-refractivity contribution in [2.45, 2.75) is 32.1 Å². The number of hydrogen-bond acceptors (Lipinski definition) is 3. The van der Waals surface area contributed by atoms with Crippen molar-refractivity contribution in [1.29, 1.82) is 0 Å². The van der Waals surface area contributed by atoms with Gasteiger partial charge in [-0.25, -0.2) is 9.78 Å². The molecule has 1 aromatic rings. The van der Waals surface area contributed by atoms with Crippen molar-refractivity contribution in [2.75, 3.05) is 26.2 Å². The van der Waals surface area contributed by atoms with Gasteiger partial charge in [-0.2, -0.15) is 0 Å². The van der Waals surface area contributed by atoms with E-state index in [0.717, 1.165) is 31.4 Å². The maximum Gasteiger partial charge on any atom is 0.407 e. The Hall–Kier alpha value is -2.05. The Morgan fingerprint density at radius 2 is 1.86 bits per heavy atom. The zero-order valence-corrected chi connectivity index (χ0v) is 12.1. The van der Waals surface area contributed by atoms with Gasteiger partial charge in [0.1, 0.15) is 0 Å². The lowest BCUT2D eigenvalue weighted by atomic mass is 10.1. The van der Waals surface area contributed by atoms with E-state index in [9.17, 15) is 9.59 Å². The van der Waals surface area contributed by atoms with Crippen LogP contribution in [-0.2, 0) is 11.2 Å². The Labute approximate surface area is 124 Å². The highest BCUT2D eigenvalue weighted by molar-refractivity contribution is 5.76. The molecule has 0 saturated carbocycles. The van der Waals surface area contributed by atoms with Crippen LogP contribution in [0.3, 0.4) is 0 Å². The van der Waals surface area contributed by atoms with E-state index in [-0.39, 0.29) is 5.91 Å². The van der Waals surface area contributed by atoms with Crippen LogP contribution in [0.15, 0.2) is 12.5 Å². The molecule has 1 fully saturated rings. The molecule has 2 rings (SSSR count). The molecule has 2 amide bonds. The first-order chi connectivity index (χ1) is 10.2. The Kier molecular flexibility index (Phi) is 5.59. The standard InChI is InChI=1S/C14H22N4O3/c19-13(17-6-8-18(9-7-17)14(20)21)5-3-1-2-4-12-10-15-11-16-12/h10-11H,1-9H2,(H,15,16)(H,20,21). The monoisotopic (exact) mass is 294 g/mol. The molecule has 0 aromatic carbocycles. The molecule has 0 unspecified atom stereocenters. The molecule has 0 aliphatic carbocycles. The van der Waals surface area contributed by atoms with Crippen molar-refractivity contribution in [3.8, 4) is 0 Å². The highest BCUT2D eigenvalue weighted by Crippen LogP contribution is 2.09. The number of imidazole rings is 1. The van der Waals surface area contributed by atoms with Gasteiger partial charge in [0.15, 0.2) is 0 Å². The summed E-state index contributed by atoms with van der Waals surface area (Å²) < 4.78 is 0. The van der Waals surface area contributed by atoms with Crippen LogP contribution in [0.5, 0.6) is 0 Å². The third kappa shape index (κ3) is 4.77. The van der Waals surface area contributed by atoms with Gasteiger partial charge in [-0.05, 0) is 19.3 Å². The summed E-state index contributed by atoms with van der Waals surface area (Å²) in [6.07, 6.45) is 7.08. The summed E-state index contributed by atoms with van der Waals surface area (Å²) in [5.74, 6) is 0.139. The van der Waals surface area contributed by atoms with Crippen LogP contribution >= 0.6 is 0 Å². The highest BCUT2D eigenvalue weighted by atomic mass is 16.4. The summed E-state index contributed by atoms with van der Waals surface area (Å²) >= 11 is 0. The molecule has 116 valence electrons. The molecule has 0 radical (unpaired) electrons. The van der Waals surface area contributed by atoms with E-state index in [2.05, 4.69) is 9.97 Å². The fourth-order valence-electron chi connectivity index (χ4n) is 2.49. The van der Waals surface area contributed by atoms with Crippen molar-refractivity contribution in [2.24, 2.45) is 0 Å². The number of carbonyl (C=O) groups is 2. The summed E-state index contributed by atoms with van der Waals surface area (Å²) in [6.45, 7) is 1.86. The predicted molar refractivity (Wildman–Crippen MR) is 76.9 cm³/mol. The first kappa shape index (κ1) is 15.3. The van der Waals surface area contributed by atoms with E-state index >= 15 is 0 Å². The SMILES string of the molecule is O=C(O)N1CCN(C(=O)CCCCCc2c[nH]cn2)CC1. The number of rotatable bonds is 6. The highest BCUT2D eigenvalue weighted by Gasteiger charge is 2.23. The quantitative estimate of drug-likeness (QED) is 0.775. The van der Waals surface area contributed by atoms with Gasteiger partial charge >= 0.3 is 6.09 Å². The molecule has 0 bridgehead atoms. The van der Waals surface area contributed by atoms with E-state index in [0.29, 0.717) is 32.6 Å². The number of carboxylic acid groups (broad SMARTS) is 1. The summed E-state index contributed by atoms with van der Waals surface area (Å²) in [5.41, 5.74) is 1.06. The van der Waals surface area contributed by atoms with Crippen molar-refractivity contribution in [3.05, 3.63) is 18.2 Å². The molecule has 7 heteroatoms. The fraction of sp³-hybridized carbons (Fsp3) is 0.643. The van der Waals surface area contributed by atoms with Gasteiger partial charge in [0, 0.05) is 38.8 Å². The zero-order valence-electron chi connectivity index (χ0n) is 12.1. The maximum absolute atomic E-state index is 12.0. The minimum atomic E-state index is -0.902. The molecular weight excluding hydrogens is 272 g/mol. The third-order valence-electron chi connectivity index (χ3n) is 3.78. The number of piperazine rings is 1. The minimum Gasteiger partial charge on any atom is -0.465 e. The van der Waals surface area contributed by atoms with Gasteiger partial charge in [-0.3, -0.25) is 4.79 Å². The molecule has 1 aromatic heterocycles. The lowest BCUT2D eigenvalue weighted by Gasteiger charge is -2.33. The molecule has 0 spiro atoms. The largest absolute Gasteiger partial charge is 0.465 e. The van der Waals surface area contributed by atoms with Gasteiger partial charge in [0.25, 0.3) is 0 Å². The number of amides is 2. The number of carbonyl (C=O) groups excluding carboxylic acids is 1. The van der Waals surface area contributed by atoms with Gasteiger partial charge in [0.05, 0.1) is 12.0 Å². The Bertz CT molecular complexity index is 453. The normalized spacial score (nSPS) is 15.2. The Morgan fingerprint density at radius 1 is 1.14 bits per heavy atom.